The predicted octanol–water partition coefficient (Wildman–Crippen LogP) is 0.922. The molecule has 0 aliphatic heterocycles. The van der Waals surface area contributed by atoms with Gasteiger partial charge in [-0.25, -0.2) is 15.8 Å². The molecule has 0 amide bonds. The Morgan fingerprint density at radius 2 is 2.05 bits per heavy atom. The van der Waals surface area contributed by atoms with E-state index < -0.39 is 0 Å². The number of nitrogens with zero attached hydrogens (tertiary/aromatic N) is 3. The van der Waals surface area contributed by atoms with Crippen molar-refractivity contribution in [2.75, 3.05) is 12.3 Å². The van der Waals surface area contributed by atoms with Crippen LogP contribution in [0.4, 0.5) is 5.82 Å². The molecule has 7 nitrogen and oxygen atoms in total. The van der Waals surface area contributed by atoms with E-state index in [1.54, 1.807) is 19.3 Å². The van der Waals surface area contributed by atoms with Crippen LogP contribution in [0.3, 0.4) is 0 Å². The van der Waals surface area contributed by atoms with Gasteiger partial charge in [-0.2, -0.15) is 0 Å². The Morgan fingerprint density at radius 1 is 1.32 bits per heavy atom. The molecule has 7 heteroatoms. The lowest BCUT2D eigenvalue weighted by Crippen LogP contribution is -2.27. The quantitative estimate of drug-likeness (QED) is 0.536. The monoisotopic (exact) mass is 300 g/mol. The van der Waals surface area contributed by atoms with Crippen LogP contribution in [-0.4, -0.2) is 21.6 Å². The molecule has 0 fully saturated rings. The van der Waals surface area contributed by atoms with Gasteiger partial charge in [0.25, 0.3) is 0 Å². The van der Waals surface area contributed by atoms with E-state index in [1.165, 1.54) is 5.01 Å². The van der Waals surface area contributed by atoms with E-state index in [4.69, 9.17) is 22.0 Å². The molecule has 6 N–H and O–H groups in total. The zero-order valence-corrected chi connectivity index (χ0v) is 12.4. The van der Waals surface area contributed by atoms with Gasteiger partial charge in [0.15, 0.2) is 0 Å². The number of aryl methyl sites for hydroxylation is 1. The summed E-state index contributed by atoms with van der Waals surface area (Å²) in [6, 6.07) is 9.42. The molecule has 0 radical (unpaired) electrons. The molecule has 2 rings (SSSR count). The lowest BCUT2D eigenvalue weighted by molar-refractivity contribution is 0.335. The average Bonchev–Trinajstić information content (AvgIpc) is 2.49. The van der Waals surface area contributed by atoms with Crippen LogP contribution in [0.2, 0.25) is 0 Å². The summed E-state index contributed by atoms with van der Waals surface area (Å²) in [5, 5.41) is 1.42. The summed E-state index contributed by atoms with van der Waals surface area (Å²) in [6.45, 7) is 2.38. The van der Waals surface area contributed by atoms with E-state index in [1.807, 2.05) is 30.3 Å². The van der Waals surface area contributed by atoms with Crippen LogP contribution in [0.5, 0.6) is 5.75 Å². The first-order chi connectivity index (χ1) is 10.5. The fourth-order valence-electron chi connectivity index (χ4n) is 1.81. The number of ether oxygens (including phenoxy) is 1. The maximum absolute atomic E-state index is 5.89. The summed E-state index contributed by atoms with van der Waals surface area (Å²) in [5.74, 6) is 7.68. The number of aromatic nitrogens is 2. The first-order valence-electron chi connectivity index (χ1n) is 6.78. The van der Waals surface area contributed by atoms with Crippen molar-refractivity contribution in [3.8, 4) is 5.75 Å². The van der Waals surface area contributed by atoms with Gasteiger partial charge < -0.3 is 21.2 Å². The van der Waals surface area contributed by atoms with Gasteiger partial charge in [0.1, 0.15) is 24.0 Å². The molecule has 116 valence electrons. The molecule has 0 saturated heterocycles. The van der Waals surface area contributed by atoms with Gasteiger partial charge in [-0.1, -0.05) is 18.2 Å². The van der Waals surface area contributed by atoms with Crippen molar-refractivity contribution in [1.82, 2.24) is 15.0 Å². The van der Waals surface area contributed by atoms with Crippen LogP contribution < -0.4 is 22.0 Å². The molecule has 22 heavy (non-hydrogen) atoms. The van der Waals surface area contributed by atoms with Gasteiger partial charge in [0.2, 0.25) is 0 Å². The Hall–Kier alpha value is -2.80. The molecular formula is C15H20N6O. The van der Waals surface area contributed by atoms with Crippen molar-refractivity contribution in [1.29, 1.82) is 0 Å². The van der Waals surface area contributed by atoms with Crippen molar-refractivity contribution in [2.45, 2.75) is 13.5 Å². The van der Waals surface area contributed by atoms with Crippen molar-refractivity contribution >= 4 is 5.82 Å². The highest BCUT2D eigenvalue weighted by molar-refractivity contribution is 5.37. The van der Waals surface area contributed by atoms with Crippen LogP contribution in [0.1, 0.15) is 11.4 Å². The van der Waals surface area contributed by atoms with Gasteiger partial charge in [-0.15, -0.1) is 0 Å². The molecule has 0 unspecified atom stereocenters. The molecule has 0 atom stereocenters. The Balaban J connectivity index is 1.90. The van der Waals surface area contributed by atoms with Gasteiger partial charge in [0, 0.05) is 18.0 Å². The first-order valence-corrected chi connectivity index (χ1v) is 6.78. The number of anilines is 1. The lowest BCUT2D eigenvalue weighted by atomic mass is 10.3. The number of nitrogens with two attached hydrogens (primary N) is 3. The second kappa shape index (κ2) is 7.28. The number of hydrogen-bond acceptors (Lipinski definition) is 7. The normalized spacial score (nSPS) is 11.3. The highest BCUT2D eigenvalue weighted by Gasteiger charge is 2.05. The molecule has 1 heterocycles. The van der Waals surface area contributed by atoms with Crippen LogP contribution in [0.15, 0.2) is 48.4 Å². The third-order valence-electron chi connectivity index (χ3n) is 2.85. The van der Waals surface area contributed by atoms with Crippen molar-refractivity contribution in [2.24, 2.45) is 11.6 Å². The number of rotatable bonds is 6. The molecule has 2 aromatic rings. The smallest absolute Gasteiger partial charge is 0.132 e. The molecule has 0 aliphatic carbocycles. The zero-order valence-electron chi connectivity index (χ0n) is 12.4. The number of hydrogen-bond donors (Lipinski definition) is 3. The summed E-state index contributed by atoms with van der Waals surface area (Å²) in [7, 11) is 0. The molecule has 0 bridgehead atoms. The minimum absolute atomic E-state index is 0.248. The Labute approximate surface area is 129 Å². The highest BCUT2D eigenvalue weighted by Crippen LogP contribution is 2.11. The van der Waals surface area contributed by atoms with E-state index in [0.717, 1.165) is 11.3 Å². The summed E-state index contributed by atoms with van der Waals surface area (Å²) in [4.78, 5) is 8.19. The van der Waals surface area contributed by atoms with E-state index in [0.29, 0.717) is 23.9 Å². The third-order valence-corrected chi connectivity index (χ3v) is 2.85. The SMILES string of the molecule is Cc1ncc(CN(N)/C=C(\N)COc2ccccc2)c(N)n1. The van der Waals surface area contributed by atoms with E-state index >= 15 is 0 Å². The Morgan fingerprint density at radius 3 is 2.73 bits per heavy atom. The van der Waals surface area contributed by atoms with Crippen molar-refractivity contribution in [3.05, 3.63) is 59.8 Å². The van der Waals surface area contributed by atoms with Crippen LogP contribution >= 0.6 is 0 Å². The van der Waals surface area contributed by atoms with Gasteiger partial charge >= 0.3 is 0 Å². The summed E-state index contributed by atoms with van der Waals surface area (Å²) < 4.78 is 5.53. The van der Waals surface area contributed by atoms with E-state index in [2.05, 4.69) is 9.97 Å². The first kappa shape index (κ1) is 15.6. The second-order valence-electron chi connectivity index (χ2n) is 4.81. The molecule has 0 saturated carbocycles. The second-order valence-corrected chi connectivity index (χ2v) is 4.81. The summed E-state index contributed by atoms with van der Waals surface area (Å²) in [6.07, 6.45) is 3.25. The van der Waals surface area contributed by atoms with Gasteiger partial charge in [-0.05, 0) is 19.1 Å². The summed E-state index contributed by atoms with van der Waals surface area (Å²) >= 11 is 0. The number of benzene rings is 1. The van der Waals surface area contributed by atoms with Crippen LogP contribution in [0, 0.1) is 6.92 Å². The van der Waals surface area contributed by atoms with Gasteiger partial charge in [-0.3, -0.25) is 0 Å². The zero-order chi connectivity index (χ0) is 15.9. The minimum Gasteiger partial charge on any atom is -0.487 e. The maximum atomic E-state index is 5.89. The molecular weight excluding hydrogens is 280 g/mol. The van der Waals surface area contributed by atoms with Crippen molar-refractivity contribution < 1.29 is 4.74 Å². The van der Waals surface area contributed by atoms with Crippen molar-refractivity contribution in [3.63, 3.8) is 0 Å². The van der Waals surface area contributed by atoms with Gasteiger partial charge in [0.05, 0.1) is 12.2 Å². The van der Waals surface area contributed by atoms with Crippen LogP contribution in [0.25, 0.3) is 0 Å². The minimum atomic E-state index is 0.248. The number of nitrogen functional groups attached to an aromatic ring is 1. The standard InChI is InChI=1S/C15H20N6O/c1-11-19-7-12(15(17)20-11)8-21(18)9-13(16)10-22-14-5-3-2-4-6-14/h2-7,9H,8,10,16,18H2,1H3,(H2,17,19,20)/b13-9-. The maximum Gasteiger partial charge on any atom is 0.132 e. The molecule has 1 aromatic heterocycles. The topological polar surface area (TPSA) is 116 Å². The lowest BCUT2D eigenvalue weighted by Gasteiger charge is -2.16. The van der Waals surface area contributed by atoms with E-state index in [-0.39, 0.29) is 6.61 Å². The molecule has 0 aliphatic rings. The summed E-state index contributed by atoms with van der Waals surface area (Å²) in [5.41, 5.74) is 13.0. The Bertz CT molecular complexity index is 644. The van der Waals surface area contributed by atoms with Crippen LogP contribution in [-0.2, 0) is 6.54 Å². The highest BCUT2D eigenvalue weighted by atomic mass is 16.5. The number of para-hydroxylation sites is 1. The molecule has 0 spiro atoms. The van der Waals surface area contributed by atoms with E-state index in [9.17, 15) is 0 Å². The molecule has 1 aromatic carbocycles. The average molecular weight is 300 g/mol. The third kappa shape index (κ3) is 4.64. The number of hydrazine groups is 1. The Kier molecular flexibility index (Phi) is 5.16. The predicted molar refractivity (Wildman–Crippen MR) is 85.1 cm³/mol. The fourth-order valence-corrected chi connectivity index (χ4v) is 1.81. The fraction of sp³-hybridized carbons (Fsp3) is 0.200. The largest absolute Gasteiger partial charge is 0.487 e.